The summed E-state index contributed by atoms with van der Waals surface area (Å²) in [7, 11) is 0. The van der Waals surface area contributed by atoms with Crippen molar-refractivity contribution in [3.8, 4) is 0 Å². The Morgan fingerprint density at radius 2 is 1.91 bits per heavy atom. The summed E-state index contributed by atoms with van der Waals surface area (Å²) < 4.78 is 0. The molecule has 1 aliphatic carbocycles. The molecule has 1 saturated carbocycles. The minimum absolute atomic E-state index is 0.00393. The van der Waals surface area contributed by atoms with Gasteiger partial charge in [0.1, 0.15) is 0 Å². The van der Waals surface area contributed by atoms with E-state index in [2.05, 4.69) is 31.2 Å². The molecule has 0 saturated heterocycles. The molecule has 0 aromatic heterocycles. The molecular formula is C20H21NO2. The second kappa shape index (κ2) is 5.20. The predicted octanol–water partition coefficient (Wildman–Crippen LogP) is 3.58. The van der Waals surface area contributed by atoms with E-state index in [1.54, 1.807) is 6.08 Å². The second-order valence-corrected chi connectivity index (χ2v) is 6.75. The molecule has 0 bridgehead atoms. The number of fused-ring (bicyclic) bond motifs is 1. The Bertz CT molecular complexity index is 786. The third-order valence-electron chi connectivity index (χ3n) is 5.44. The van der Waals surface area contributed by atoms with Gasteiger partial charge in [-0.05, 0) is 42.5 Å². The number of benzene rings is 2. The monoisotopic (exact) mass is 307 g/mol. The summed E-state index contributed by atoms with van der Waals surface area (Å²) in [6, 6.07) is 14.2. The highest BCUT2D eigenvalue weighted by Crippen LogP contribution is 2.42. The van der Waals surface area contributed by atoms with E-state index in [0.29, 0.717) is 0 Å². The number of hydrogen-bond acceptors (Lipinski definition) is 2. The molecule has 3 heteroatoms. The van der Waals surface area contributed by atoms with Gasteiger partial charge < -0.3 is 10.0 Å². The van der Waals surface area contributed by atoms with E-state index in [1.807, 2.05) is 29.2 Å². The molecule has 0 spiro atoms. The molecule has 0 radical (unpaired) electrons. The Morgan fingerprint density at radius 1 is 1.17 bits per heavy atom. The van der Waals surface area contributed by atoms with Crippen molar-refractivity contribution in [2.75, 3.05) is 0 Å². The van der Waals surface area contributed by atoms with Gasteiger partial charge in [-0.2, -0.15) is 0 Å². The van der Waals surface area contributed by atoms with E-state index >= 15 is 0 Å². The Morgan fingerprint density at radius 3 is 2.65 bits per heavy atom. The zero-order valence-corrected chi connectivity index (χ0v) is 13.3. The highest BCUT2D eigenvalue weighted by molar-refractivity contribution is 5.92. The first-order valence-corrected chi connectivity index (χ1v) is 8.31. The third kappa shape index (κ3) is 2.19. The van der Waals surface area contributed by atoms with Gasteiger partial charge in [0.2, 0.25) is 5.91 Å². The van der Waals surface area contributed by atoms with Crippen LogP contribution >= 0.6 is 0 Å². The highest BCUT2D eigenvalue weighted by atomic mass is 16.3. The molecule has 4 rings (SSSR count). The van der Waals surface area contributed by atoms with Crippen molar-refractivity contribution in [2.45, 2.75) is 43.9 Å². The van der Waals surface area contributed by atoms with Crippen LogP contribution in [0.25, 0.3) is 10.8 Å². The Hall–Kier alpha value is -2.13. The zero-order valence-electron chi connectivity index (χ0n) is 13.3. The van der Waals surface area contributed by atoms with E-state index in [4.69, 9.17) is 0 Å². The fourth-order valence-electron chi connectivity index (χ4n) is 3.96. The smallest absolute Gasteiger partial charge is 0.247 e. The van der Waals surface area contributed by atoms with E-state index in [0.717, 1.165) is 24.8 Å². The van der Waals surface area contributed by atoms with Crippen LogP contribution in [0.3, 0.4) is 0 Å². The molecule has 0 unspecified atom stereocenters. The van der Waals surface area contributed by atoms with Gasteiger partial charge in [0, 0.05) is 6.08 Å². The van der Waals surface area contributed by atoms with Crippen LogP contribution in [0.2, 0.25) is 0 Å². The predicted molar refractivity (Wildman–Crippen MR) is 90.9 cm³/mol. The van der Waals surface area contributed by atoms with Crippen molar-refractivity contribution in [1.82, 2.24) is 4.90 Å². The number of carbonyl (C=O) groups is 1. The van der Waals surface area contributed by atoms with Gasteiger partial charge in [0.05, 0.1) is 17.7 Å². The summed E-state index contributed by atoms with van der Waals surface area (Å²) in [5, 5.41) is 13.1. The van der Waals surface area contributed by atoms with Crippen LogP contribution in [0, 0.1) is 0 Å². The van der Waals surface area contributed by atoms with E-state index in [-0.39, 0.29) is 18.0 Å². The Labute approximate surface area is 136 Å². The van der Waals surface area contributed by atoms with Crippen molar-refractivity contribution in [3.05, 3.63) is 60.2 Å². The number of amides is 1. The van der Waals surface area contributed by atoms with Crippen LogP contribution in [0.1, 0.15) is 37.8 Å². The molecular weight excluding hydrogens is 286 g/mol. The maximum atomic E-state index is 12.5. The first-order chi connectivity index (χ1) is 11.1. The molecule has 2 aromatic carbocycles. The van der Waals surface area contributed by atoms with E-state index in [9.17, 15) is 9.90 Å². The zero-order chi connectivity index (χ0) is 16.0. The van der Waals surface area contributed by atoms with Gasteiger partial charge in [0.25, 0.3) is 0 Å². The lowest BCUT2D eigenvalue weighted by atomic mass is 9.74. The normalized spacial score (nSPS) is 24.0. The molecule has 2 atom stereocenters. The Balaban J connectivity index is 1.75. The molecule has 3 nitrogen and oxygen atoms in total. The van der Waals surface area contributed by atoms with Gasteiger partial charge in [0.15, 0.2) is 0 Å². The van der Waals surface area contributed by atoms with Gasteiger partial charge in [-0.25, -0.2) is 0 Å². The summed E-state index contributed by atoms with van der Waals surface area (Å²) in [5.74, 6) is -0.00393. The number of aliphatic hydroxyl groups is 1. The van der Waals surface area contributed by atoms with Crippen molar-refractivity contribution in [2.24, 2.45) is 0 Å². The van der Waals surface area contributed by atoms with Crippen LogP contribution < -0.4 is 0 Å². The average molecular weight is 307 g/mol. The van der Waals surface area contributed by atoms with Crippen molar-refractivity contribution >= 4 is 16.7 Å². The lowest BCUT2D eigenvalue weighted by Crippen LogP contribution is -2.55. The second-order valence-electron chi connectivity index (χ2n) is 6.75. The van der Waals surface area contributed by atoms with E-state index in [1.165, 1.54) is 10.8 Å². The van der Waals surface area contributed by atoms with Crippen LogP contribution in [0.4, 0.5) is 0 Å². The average Bonchev–Trinajstić information content (AvgIpc) is 2.93. The molecule has 1 aliphatic heterocycles. The topological polar surface area (TPSA) is 40.5 Å². The first kappa shape index (κ1) is 14.5. The first-order valence-electron chi connectivity index (χ1n) is 8.31. The van der Waals surface area contributed by atoms with Crippen molar-refractivity contribution in [3.63, 3.8) is 0 Å². The summed E-state index contributed by atoms with van der Waals surface area (Å²) >= 11 is 0. The molecule has 118 valence electrons. The minimum Gasteiger partial charge on any atom is -0.387 e. The maximum absolute atomic E-state index is 12.5. The molecule has 23 heavy (non-hydrogen) atoms. The van der Waals surface area contributed by atoms with Gasteiger partial charge in [-0.3, -0.25) is 4.79 Å². The van der Waals surface area contributed by atoms with Crippen LogP contribution in [-0.2, 0) is 4.79 Å². The number of hydrogen-bond donors (Lipinski definition) is 1. The quantitative estimate of drug-likeness (QED) is 0.941. The van der Waals surface area contributed by atoms with Crippen molar-refractivity contribution in [1.29, 1.82) is 0 Å². The fourth-order valence-corrected chi connectivity index (χ4v) is 3.96. The molecule has 2 aliphatic rings. The summed E-state index contributed by atoms with van der Waals surface area (Å²) in [4.78, 5) is 14.3. The van der Waals surface area contributed by atoms with E-state index < -0.39 is 5.60 Å². The van der Waals surface area contributed by atoms with Gasteiger partial charge in [-0.1, -0.05) is 48.5 Å². The largest absolute Gasteiger partial charge is 0.387 e. The Kier molecular flexibility index (Phi) is 3.27. The van der Waals surface area contributed by atoms with Crippen LogP contribution in [-0.4, -0.2) is 27.6 Å². The van der Waals surface area contributed by atoms with Crippen molar-refractivity contribution < 1.29 is 9.90 Å². The van der Waals surface area contributed by atoms with Crippen LogP contribution in [0.5, 0.6) is 0 Å². The number of carbonyl (C=O) groups excluding carboxylic acids is 1. The maximum Gasteiger partial charge on any atom is 0.247 e. The molecule has 1 fully saturated rings. The third-order valence-corrected chi connectivity index (χ3v) is 5.44. The van der Waals surface area contributed by atoms with Crippen LogP contribution in [0.15, 0.2) is 54.6 Å². The van der Waals surface area contributed by atoms with Gasteiger partial charge in [-0.15, -0.1) is 0 Å². The number of nitrogens with zero attached hydrogens (tertiary/aromatic N) is 1. The fraction of sp³-hybridized carbons (Fsp3) is 0.350. The summed E-state index contributed by atoms with van der Waals surface area (Å²) in [6.07, 6.45) is 6.07. The SMILES string of the molecule is C[C@@H](c1cccc2ccccc12)N1C(=O)C=C[C@@H]1C1(O)CCC1. The molecule has 1 heterocycles. The standard InChI is InChI=1S/C20H21NO2/c1-14(16-9-4-7-15-6-2-3-8-17(15)16)21-18(10-11-19(21)22)20(23)12-5-13-20/h2-4,6-11,14,18,23H,5,12-13H2,1H3/t14-,18+/m0/s1. The minimum atomic E-state index is -0.749. The molecule has 2 aromatic rings. The summed E-state index contributed by atoms with van der Waals surface area (Å²) in [5.41, 5.74) is 0.384. The lowest BCUT2D eigenvalue weighted by molar-refractivity contribution is -0.140. The lowest BCUT2D eigenvalue weighted by Gasteiger charge is -2.46. The molecule has 1 N–H and O–H groups in total. The summed E-state index contributed by atoms with van der Waals surface area (Å²) in [6.45, 7) is 2.06. The number of rotatable bonds is 3. The van der Waals surface area contributed by atoms with Gasteiger partial charge >= 0.3 is 0 Å². The highest BCUT2D eigenvalue weighted by Gasteiger charge is 2.48. The molecule has 1 amide bonds.